The van der Waals surface area contributed by atoms with Gasteiger partial charge in [-0.2, -0.15) is 0 Å². The van der Waals surface area contributed by atoms with Gasteiger partial charge in [-0.15, -0.1) is 10.2 Å². The number of carbonyl (C=O) groups is 1. The third-order valence-electron chi connectivity index (χ3n) is 3.83. The molecule has 0 aliphatic rings. The van der Waals surface area contributed by atoms with E-state index >= 15 is 0 Å². The van der Waals surface area contributed by atoms with Crippen LogP contribution in [0.4, 0.5) is 5.13 Å². The summed E-state index contributed by atoms with van der Waals surface area (Å²) in [6.07, 6.45) is 6.44. The summed E-state index contributed by atoms with van der Waals surface area (Å²) >= 11 is 1.40. The molecule has 0 aliphatic carbocycles. The van der Waals surface area contributed by atoms with Gasteiger partial charge in [-0.3, -0.25) is 10.1 Å². The van der Waals surface area contributed by atoms with Crippen molar-refractivity contribution in [3.8, 4) is 11.5 Å². The molecule has 6 nitrogen and oxygen atoms in total. The Balaban J connectivity index is 1.96. The Bertz CT molecular complexity index is 703. The topological polar surface area (TPSA) is 73.3 Å². The number of anilines is 1. The number of carbonyl (C=O) groups excluding carboxylic acids is 1. The van der Waals surface area contributed by atoms with Crippen LogP contribution < -0.4 is 14.8 Å². The number of nitrogens with zero attached hydrogens (tertiary/aromatic N) is 2. The first-order valence-corrected chi connectivity index (χ1v) is 9.94. The number of amides is 1. The number of aromatic nitrogens is 2. The maximum absolute atomic E-state index is 12.4. The smallest absolute Gasteiger partial charge is 0.257 e. The zero-order valence-corrected chi connectivity index (χ0v) is 16.5. The Morgan fingerprint density at radius 1 is 1.12 bits per heavy atom. The highest BCUT2D eigenvalue weighted by Gasteiger charge is 2.13. The molecule has 0 fully saturated rings. The average molecular weight is 378 g/mol. The molecule has 1 amide bonds. The standard InChI is InChI=1S/C19H27N3O3S/c1-4-6-7-8-12-25-15-11-10-14(13-16(15)24-3)18(23)20-19-22-21-17(26-19)9-5-2/h10-11,13H,4-9,12H2,1-3H3,(H,20,22,23). The number of unbranched alkanes of at least 4 members (excludes halogenated alkanes) is 3. The van der Waals surface area contributed by atoms with E-state index in [9.17, 15) is 4.79 Å². The predicted octanol–water partition coefficient (Wildman–Crippen LogP) is 4.71. The highest BCUT2D eigenvalue weighted by molar-refractivity contribution is 7.15. The fourth-order valence-electron chi connectivity index (χ4n) is 2.43. The van der Waals surface area contributed by atoms with Gasteiger partial charge in [-0.1, -0.05) is 44.4 Å². The van der Waals surface area contributed by atoms with Crippen molar-refractivity contribution in [1.29, 1.82) is 0 Å². The summed E-state index contributed by atoms with van der Waals surface area (Å²) in [7, 11) is 1.57. The molecular formula is C19H27N3O3S. The molecule has 26 heavy (non-hydrogen) atoms. The number of ether oxygens (including phenoxy) is 2. The molecule has 0 spiro atoms. The van der Waals surface area contributed by atoms with Gasteiger partial charge in [0.25, 0.3) is 5.91 Å². The van der Waals surface area contributed by atoms with Crippen LogP contribution in [0.5, 0.6) is 11.5 Å². The molecule has 2 aromatic rings. The second-order valence-electron chi connectivity index (χ2n) is 5.98. The summed E-state index contributed by atoms with van der Waals surface area (Å²) in [6, 6.07) is 5.19. The van der Waals surface area contributed by atoms with Gasteiger partial charge in [-0.25, -0.2) is 0 Å². The van der Waals surface area contributed by atoms with Gasteiger partial charge in [0.1, 0.15) is 5.01 Å². The number of methoxy groups -OCH3 is 1. The molecule has 1 N–H and O–H groups in total. The lowest BCUT2D eigenvalue weighted by atomic mass is 10.2. The van der Waals surface area contributed by atoms with E-state index in [1.807, 2.05) is 0 Å². The maximum atomic E-state index is 12.4. The highest BCUT2D eigenvalue weighted by atomic mass is 32.1. The van der Waals surface area contributed by atoms with Gasteiger partial charge in [-0.05, 0) is 31.0 Å². The number of rotatable bonds is 11. The molecule has 7 heteroatoms. The molecule has 0 unspecified atom stereocenters. The number of hydrogen-bond donors (Lipinski definition) is 1. The summed E-state index contributed by atoms with van der Waals surface area (Å²) in [6.45, 7) is 4.91. The first-order valence-electron chi connectivity index (χ1n) is 9.12. The van der Waals surface area contributed by atoms with Crippen molar-refractivity contribution in [2.45, 2.75) is 52.4 Å². The van der Waals surface area contributed by atoms with Crippen molar-refractivity contribution in [3.05, 3.63) is 28.8 Å². The minimum Gasteiger partial charge on any atom is -0.493 e. The summed E-state index contributed by atoms with van der Waals surface area (Å²) in [5.41, 5.74) is 0.493. The molecule has 0 saturated heterocycles. The van der Waals surface area contributed by atoms with Crippen LogP contribution in [0.25, 0.3) is 0 Å². The summed E-state index contributed by atoms with van der Waals surface area (Å²) in [5.74, 6) is 0.968. The van der Waals surface area contributed by atoms with E-state index in [1.54, 1.807) is 25.3 Å². The number of benzene rings is 1. The van der Waals surface area contributed by atoms with Crippen molar-refractivity contribution in [2.24, 2.45) is 0 Å². The van der Waals surface area contributed by atoms with E-state index in [2.05, 4.69) is 29.4 Å². The van der Waals surface area contributed by atoms with Crippen molar-refractivity contribution in [3.63, 3.8) is 0 Å². The quantitative estimate of drug-likeness (QED) is 0.574. The predicted molar refractivity (Wildman–Crippen MR) is 104 cm³/mol. The van der Waals surface area contributed by atoms with Crippen LogP contribution in [-0.4, -0.2) is 29.8 Å². The highest BCUT2D eigenvalue weighted by Crippen LogP contribution is 2.29. The molecule has 1 aromatic heterocycles. The Labute approximate surface area is 158 Å². The van der Waals surface area contributed by atoms with Crippen molar-refractivity contribution in [1.82, 2.24) is 10.2 Å². The summed E-state index contributed by atoms with van der Waals surface area (Å²) < 4.78 is 11.2. The molecule has 0 saturated carbocycles. The zero-order chi connectivity index (χ0) is 18.8. The normalized spacial score (nSPS) is 10.6. The van der Waals surface area contributed by atoms with E-state index in [4.69, 9.17) is 9.47 Å². The molecule has 0 bridgehead atoms. The molecule has 142 valence electrons. The Kier molecular flexibility index (Phi) is 8.34. The summed E-state index contributed by atoms with van der Waals surface area (Å²) in [5, 5.41) is 12.3. The minimum absolute atomic E-state index is 0.239. The average Bonchev–Trinajstić information content (AvgIpc) is 3.08. The zero-order valence-electron chi connectivity index (χ0n) is 15.7. The van der Waals surface area contributed by atoms with Crippen LogP contribution in [0, 0.1) is 0 Å². The van der Waals surface area contributed by atoms with Crippen LogP contribution >= 0.6 is 11.3 Å². The number of aryl methyl sites for hydroxylation is 1. The van der Waals surface area contributed by atoms with Crippen LogP contribution in [-0.2, 0) is 6.42 Å². The summed E-state index contributed by atoms with van der Waals surface area (Å²) in [4.78, 5) is 12.4. The van der Waals surface area contributed by atoms with Crippen molar-refractivity contribution < 1.29 is 14.3 Å². The lowest BCUT2D eigenvalue weighted by Gasteiger charge is -2.12. The lowest BCUT2D eigenvalue weighted by molar-refractivity contribution is 0.102. The molecule has 0 atom stereocenters. The fraction of sp³-hybridized carbons (Fsp3) is 0.526. The third kappa shape index (κ3) is 5.98. The monoisotopic (exact) mass is 377 g/mol. The van der Waals surface area contributed by atoms with Gasteiger partial charge < -0.3 is 9.47 Å². The first kappa shape index (κ1) is 20.2. The van der Waals surface area contributed by atoms with Crippen LogP contribution in [0.1, 0.15) is 61.3 Å². The number of nitrogens with one attached hydrogen (secondary N) is 1. The Hall–Kier alpha value is -2.15. The second kappa shape index (κ2) is 10.8. The van der Waals surface area contributed by atoms with Gasteiger partial charge in [0.15, 0.2) is 11.5 Å². The minimum atomic E-state index is -0.239. The molecule has 0 radical (unpaired) electrons. The molecule has 1 heterocycles. The molecule has 1 aromatic carbocycles. The van der Waals surface area contributed by atoms with Gasteiger partial charge in [0, 0.05) is 12.0 Å². The van der Waals surface area contributed by atoms with E-state index in [1.165, 1.54) is 24.2 Å². The van der Waals surface area contributed by atoms with Gasteiger partial charge in [0.2, 0.25) is 5.13 Å². The molecular weight excluding hydrogens is 350 g/mol. The van der Waals surface area contributed by atoms with E-state index in [-0.39, 0.29) is 5.91 Å². The largest absolute Gasteiger partial charge is 0.493 e. The Morgan fingerprint density at radius 3 is 2.69 bits per heavy atom. The number of hydrogen-bond acceptors (Lipinski definition) is 6. The lowest BCUT2D eigenvalue weighted by Crippen LogP contribution is -2.12. The van der Waals surface area contributed by atoms with Crippen molar-refractivity contribution in [2.75, 3.05) is 19.0 Å². The van der Waals surface area contributed by atoms with E-state index in [0.717, 1.165) is 30.7 Å². The second-order valence-corrected chi connectivity index (χ2v) is 7.04. The third-order valence-corrected chi connectivity index (χ3v) is 4.73. The Morgan fingerprint density at radius 2 is 1.96 bits per heavy atom. The molecule has 2 rings (SSSR count). The van der Waals surface area contributed by atoms with Crippen LogP contribution in [0.3, 0.4) is 0 Å². The SMILES string of the molecule is CCCCCCOc1ccc(C(=O)Nc2nnc(CCC)s2)cc1OC. The van der Waals surface area contributed by atoms with E-state index in [0.29, 0.717) is 28.8 Å². The first-order chi connectivity index (χ1) is 12.7. The fourth-order valence-corrected chi connectivity index (χ4v) is 3.26. The van der Waals surface area contributed by atoms with Gasteiger partial charge in [0.05, 0.1) is 13.7 Å². The molecule has 0 aliphatic heterocycles. The van der Waals surface area contributed by atoms with Crippen LogP contribution in [0.15, 0.2) is 18.2 Å². The van der Waals surface area contributed by atoms with Gasteiger partial charge >= 0.3 is 0 Å². The van der Waals surface area contributed by atoms with Crippen LogP contribution in [0.2, 0.25) is 0 Å². The van der Waals surface area contributed by atoms with Crippen molar-refractivity contribution >= 4 is 22.4 Å². The van der Waals surface area contributed by atoms with E-state index < -0.39 is 0 Å². The maximum Gasteiger partial charge on any atom is 0.257 e.